The number of nitrogens with one attached hydrogen (secondary N) is 1. The van der Waals surface area contributed by atoms with Crippen molar-refractivity contribution in [2.24, 2.45) is 11.8 Å². The van der Waals surface area contributed by atoms with E-state index in [1.165, 1.54) is 18.4 Å². The number of hydrogen-bond donors (Lipinski definition) is 2. The number of amides is 1. The Kier molecular flexibility index (Phi) is 6.84. The maximum atomic E-state index is 12.5. The smallest absolute Gasteiger partial charge is 0.475 e. The molecule has 29 heavy (non-hydrogen) atoms. The third kappa shape index (κ3) is 6.20. The number of aliphatic carboxylic acids is 1. The van der Waals surface area contributed by atoms with E-state index in [0.717, 1.165) is 45.0 Å². The van der Waals surface area contributed by atoms with Crippen LogP contribution in [0.5, 0.6) is 0 Å². The largest absolute Gasteiger partial charge is 0.490 e. The molecule has 10 heteroatoms. The first kappa shape index (κ1) is 21.6. The van der Waals surface area contributed by atoms with Crippen molar-refractivity contribution in [1.29, 1.82) is 0 Å². The van der Waals surface area contributed by atoms with Gasteiger partial charge >= 0.3 is 12.1 Å². The van der Waals surface area contributed by atoms with Crippen molar-refractivity contribution >= 4 is 11.9 Å². The SMILES string of the molecule is O=C(NCC1CC1)[C@@H]1C[C@H]2OCC[C@H]2N(Cc2ccoc2)C1.O=C(O)C(F)(F)F. The third-order valence-electron chi connectivity index (χ3n) is 5.46. The molecular weight excluding hydrogens is 393 g/mol. The number of ether oxygens (including phenoxy) is 1. The zero-order valence-electron chi connectivity index (χ0n) is 15.9. The van der Waals surface area contributed by atoms with Crippen molar-refractivity contribution in [3.63, 3.8) is 0 Å². The molecule has 1 saturated carbocycles. The zero-order chi connectivity index (χ0) is 21.0. The second-order valence-electron chi connectivity index (χ2n) is 7.75. The van der Waals surface area contributed by atoms with Gasteiger partial charge in [-0.25, -0.2) is 4.79 Å². The van der Waals surface area contributed by atoms with Gasteiger partial charge in [-0.2, -0.15) is 13.2 Å². The lowest BCUT2D eigenvalue weighted by Crippen LogP contribution is -2.52. The summed E-state index contributed by atoms with van der Waals surface area (Å²) in [6.45, 7) is 3.33. The quantitative estimate of drug-likeness (QED) is 0.763. The Morgan fingerprint density at radius 2 is 2.00 bits per heavy atom. The molecule has 3 fully saturated rings. The lowest BCUT2D eigenvalue weighted by molar-refractivity contribution is -0.192. The Labute approximate surface area is 166 Å². The second-order valence-corrected chi connectivity index (χ2v) is 7.75. The van der Waals surface area contributed by atoms with Gasteiger partial charge in [0.25, 0.3) is 0 Å². The number of fused-ring (bicyclic) bond motifs is 1. The normalized spacial score (nSPS) is 26.9. The molecule has 3 heterocycles. The Morgan fingerprint density at radius 1 is 1.28 bits per heavy atom. The molecule has 1 aromatic heterocycles. The van der Waals surface area contributed by atoms with Crippen LogP contribution in [-0.2, 0) is 20.9 Å². The highest BCUT2D eigenvalue weighted by molar-refractivity contribution is 5.79. The summed E-state index contributed by atoms with van der Waals surface area (Å²) in [5.74, 6) is -1.78. The van der Waals surface area contributed by atoms with Crippen LogP contribution >= 0.6 is 0 Å². The molecule has 2 aliphatic heterocycles. The van der Waals surface area contributed by atoms with E-state index in [0.29, 0.717) is 6.04 Å². The summed E-state index contributed by atoms with van der Waals surface area (Å²) in [4.78, 5) is 23.8. The van der Waals surface area contributed by atoms with E-state index < -0.39 is 12.1 Å². The third-order valence-corrected chi connectivity index (χ3v) is 5.46. The molecule has 0 bridgehead atoms. The maximum Gasteiger partial charge on any atom is 0.490 e. The highest BCUT2D eigenvalue weighted by atomic mass is 19.4. The number of carboxylic acid groups (broad SMARTS) is 1. The lowest BCUT2D eigenvalue weighted by Gasteiger charge is -2.40. The predicted molar refractivity (Wildman–Crippen MR) is 94.8 cm³/mol. The van der Waals surface area contributed by atoms with Crippen LogP contribution < -0.4 is 5.32 Å². The van der Waals surface area contributed by atoms with Gasteiger partial charge in [0.1, 0.15) is 0 Å². The molecule has 3 aliphatic rings. The Morgan fingerprint density at radius 3 is 2.59 bits per heavy atom. The second kappa shape index (κ2) is 9.17. The fourth-order valence-electron chi connectivity index (χ4n) is 3.75. The summed E-state index contributed by atoms with van der Waals surface area (Å²) in [5.41, 5.74) is 1.17. The molecule has 1 aliphatic carbocycles. The topological polar surface area (TPSA) is 92.0 Å². The van der Waals surface area contributed by atoms with Crippen LogP contribution in [0.4, 0.5) is 13.2 Å². The standard InChI is InChI=1S/C17H24N2O3.C2HF3O2/c20-17(18-8-12-1-2-12)14-7-16-15(4-6-22-16)19(10-14)9-13-3-5-21-11-13;3-2(4,5)1(6)7/h3,5,11-12,14-16H,1-2,4,6-10H2,(H,18,20);(H,6,7)/t14-,15-,16-;/m1./s1. The van der Waals surface area contributed by atoms with Gasteiger partial charge in [0, 0.05) is 37.8 Å². The van der Waals surface area contributed by atoms with Crippen molar-refractivity contribution in [3.05, 3.63) is 24.2 Å². The minimum atomic E-state index is -5.08. The van der Waals surface area contributed by atoms with Crippen LogP contribution in [0, 0.1) is 11.8 Å². The number of carbonyl (C=O) groups excluding carboxylic acids is 1. The average Bonchev–Trinajstić information content (AvgIpc) is 3.13. The molecule has 1 aromatic rings. The first-order valence-corrected chi connectivity index (χ1v) is 9.68. The van der Waals surface area contributed by atoms with Gasteiger partial charge in [0.2, 0.25) is 5.91 Å². The van der Waals surface area contributed by atoms with Crippen molar-refractivity contribution in [2.45, 2.75) is 50.6 Å². The van der Waals surface area contributed by atoms with E-state index in [1.807, 2.05) is 6.07 Å². The van der Waals surface area contributed by atoms with Crippen molar-refractivity contribution in [1.82, 2.24) is 10.2 Å². The Bertz CT molecular complexity index is 691. The van der Waals surface area contributed by atoms with E-state index in [1.54, 1.807) is 12.5 Å². The van der Waals surface area contributed by atoms with E-state index in [4.69, 9.17) is 19.1 Å². The lowest BCUT2D eigenvalue weighted by atomic mass is 9.89. The van der Waals surface area contributed by atoms with Gasteiger partial charge in [-0.05, 0) is 37.7 Å². The molecule has 7 nitrogen and oxygen atoms in total. The highest BCUT2D eigenvalue weighted by Gasteiger charge is 2.42. The molecule has 3 atom stereocenters. The van der Waals surface area contributed by atoms with Crippen LogP contribution in [0.2, 0.25) is 0 Å². The van der Waals surface area contributed by atoms with Gasteiger partial charge in [0.15, 0.2) is 0 Å². The monoisotopic (exact) mass is 418 g/mol. The number of hydrogen-bond acceptors (Lipinski definition) is 5. The van der Waals surface area contributed by atoms with Crippen LogP contribution in [-0.4, -0.2) is 59.9 Å². The van der Waals surface area contributed by atoms with E-state index in [-0.39, 0.29) is 17.9 Å². The number of carbonyl (C=O) groups is 2. The number of nitrogens with zero attached hydrogens (tertiary/aromatic N) is 1. The number of rotatable bonds is 5. The van der Waals surface area contributed by atoms with E-state index in [2.05, 4.69) is 10.2 Å². The Balaban J connectivity index is 0.000000298. The molecule has 2 saturated heterocycles. The summed E-state index contributed by atoms with van der Waals surface area (Å²) in [5, 5.41) is 10.3. The molecule has 1 amide bonds. The fourth-order valence-corrected chi connectivity index (χ4v) is 3.75. The minimum absolute atomic E-state index is 0.0463. The van der Waals surface area contributed by atoms with Crippen molar-refractivity contribution in [2.75, 3.05) is 19.7 Å². The Hall–Kier alpha value is -2.07. The number of furan rings is 1. The molecule has 0 unspecified atom stereocenters. The number of carboxylic acids is 1. The average molecular weight is 418 g/mol. The number of alkyl halides is 3. The first-order chi connectivity index (χ1) is 13.7. The molecule has 2 N–H and O–H groups in total. The predicted octanol–water partition coefficient (Wildman–Crippen LogP) is 2.42. The fraction of sp³-hybridized carbons (Fsp3) is 0.684. The van der Waals surface area contributed by atoms with Crippen LogP contribution in [0.3, 0.4) is 0 Å². The molecular formula is C19H25F3N2O5. The molecule has 0 spiro atoms. The molecule has 0 aromatic carbocycles. The van der Waals surface area contributed by atoms with Crippen LogP contribution in [0.1, 0.15) is 31.2 Å². The summed E-state index contributed by atoms with van der Waals surface area (Å²) in [6, 6.07) is 2.45. The number of halogens is 3. The molecule has 4 rings (SSSR count). The van der Waals surface area contributed by atoms with Crippen molar-refractivity contribution in [3.8, 4) is 0 Å². The number of piperidine rings is 1. The van der Waals surface area contributed by atoms with Gasteiger partial charge in [-0.3, -0.25) is 9.69 Å². The first-order valence-electron chi connectivity index (χ1n) is 9.68. The summed E-state index contributed by atoms with van der Waals surface area (Å²) >= 11 is 0. The van der Waals surface area contributed by atoms with Gasteiger partial charge in [-0.15, -0.1) is 0 Å². The maximum absolute atomic E-state index is 12.5. The number of likely N-dealkylation sites (tertiary alicyclic amines) is 1. The summed E-state index contributed by atoms with van der Waals surface area (Å²) in [6.07, 6.45) is 3.10. The zero-order valence-corrected chi connectivity index (χ0v) is 15.9. The van der Waals surface area contributed by atoms with E-state index >= 15 is 0 Å². The minimum Gasteiger partial charge on any atom is -0.475 e. The van der Waals surface area contributed by atoms with Crippen LogP contribution in [0.15, 0.2) is 23.0 Å². The van der Waals surface area contributed by atoms with E-state index in [9.17, 15) is 18.0 Å². The summed E-state index contributed by atoms with van der Waals surface area (Å²) < 4.78 is 42.8. The van der Waals surface area contributed by atoms with Gasteiger partial charge < -0.3 is 19.6 Å². The summed E-state index contributed by atoms with van der Waals surface area (Å²) in [7, 11) is 0. The van der Waals surface area contributed by atoms with Crippen LogP contribution in [0.25, 0.3) is 0 Å². The molecule has 0 radical (unpaired) electrons. The van der Waals surface area contributed by atoms with Gasteiger partial charge in [0.05, 0.1) is 24.5 Å². The van der Waals surface area contributed by atoms with Gasteiger partial charge in [-0.1, -0.05) is 0 Å². The highest BCUT2D eigenvalue weighted by Crippen LogP contribution is 2.33. The van der Waals surface area contributed by atoms with Crippen molar-refractivity contribution < 1.29 is 37.0 Å². The molecule has 162 valence electrons.